The van der Waals surface area contributed by atoms with E-state index >= 15 is 0 Å². The number of piperazine rings is 1. The molecule has 1 aromatic rings. The fourth-order valence-electron chi connectivity index (χ4n) is 3.91. The minimum Gasteiger partial charge on any atom is -0.351 e. The zero-order valence-corrected chi connectivity index (χ0v) is 15.6. The molecule has 1 aromatic carbocycles. The van der Waals surface area contributed by atoms with Gasteiger partial charge >= 0.3 is 0 Å². The lowest BCUT2D eigenvalue weighted by atomic mass is 9.88. The Bertz CT molecular complexity index is 649. The summed E-state index contributed by atoms with van der Waals surface area (Å²) in [6.45, 7) is 2.95. The number of rotatable bonds is 5. The largest absolute Gasteiger partial charge is 0.351 e. The van der Waals surface area contributed by atoms with Crippen molar-refractivity contribution in [1.82, 2.24) is 15.1 Å². The van der Waals surface area contributed by atoms with Crippen molar-refractivity contribution in [2.75, 3.05) is 32.7 Å². The van der Waals surface area contributed by atoms with Crippen LogP contribution in [0.2, 0.25) is 0 Å². The molecule has 2 aliphatic rings. The number of halogens is 2. The van der Waals surface area contributed by atoms with Gasteiger partial charge in [-0.05, 0) is 30.5 Å². The van der Waals surface area contributed by atoms with E-state index < -0.39 is 11.6 Å². The monoisotopic (exact) mass is 379 g/mol. The van der Waals surface area contributed by atoms with Gasteiger partial charge in [0.2, 0.25) is 11.8 Å². The van der Waals surface area contributed by atoms with Gasteiger partial charge in [0, 0.05) is 44.7 Å². The molecule has 0 atom stereocenters. The van der Waals surface area contributed by atoms with Gasteiger partial charge in [-0.2, -0.15) is 0 Å². The molecule has 27 heavy (non-hydrogen) atoms. The molecule has 1 heterocycles. The van der Waals surface area contributed by atoms with Crippen LogP contribution in [0.5, 0.6) is 0 Å². The van der Waals surface area contributed by atoms with E-state index in [4.69, 9.17) is 0 Å². The fraction of sp³-hybridized carbons (Fsp3) is 0.600. The molecular weight excluding hydrogens is 352 g/mol. The van der Waals surface area contributed by atoms with Gasteiger partial charge in [0.25, 0.3) is 0 Å². The van der Waals surface area contributed by atoms with Gasteiger partial charge in [-0.3, -0.25) is 14.5 Å². The standard InChI is InChI=1S/C20H27F2N3O2/c21-17-10-15(11-18(22)12-17)13-23-19(26)14-24-6-8-25(9-7-24)20(27)16-4-2-1-3-5-16/h10-12,16H,1-9,13-14H2,(H,23,26). The van der Waals surface area contributed by atoms with E-state index in [0.717, 1.165) is 31.7 Å². The number of amides is 2. The second-order valence-corrected chi connectivity index (χ2v) is 7.49. The highest BCUT2D eigenvalue weighted by Crippen LogP contribution is 2.25. The van der Waals surface area contributed by atoms with E-state index in [9.17, 15) is 18.4 Å². The van der Waals surface area contributed by atoms with Gasteiger partial charge in [-0.1, -0.05) is 19.3 Å². The fourth-order valence-corrected chi connectivity index (χ4v) is 3.91. The Balaban J connectivity index is 1.39. The van der Waals surface area contributed by atoms with Crippen LogP contribution in [-0.2, 0) is 16.1 Å². The first-order valence-electron chi connectivity index (χ1n) is 9.74. The van der Waals surface area contributed by atoms with Gasteiger partial charge < -0.3 is 10.2 Å². The number of carbonyl (C=O) groups excluding carboxylic acids is 2. The molecule has 1 saturated heterocycles. The van der Waals surface area contributed by atoms with Crippen LogP contribution in [0, 0.1) is 17.6 Å². The van der Waals surface area contributed by atoms with E-state index in [2.05, 4.69) is 5.32 Å². The van der Waals surface area contributed by atoms with E-state index in [1.54, 1.807) is 0 Å². The minimum absolute atomic E-state index is 0.0909. The number of nitrogens with zero attached hydrogens (tertiary/aromatic N) is 2. The van der Waals surface area contributed by atoms with E-state index in [1.165, 1.54) is 18.6 Å². The summed E-state index contributed by atoms with van der Waals surface area (Å²) in [7, 11) is 0. The van der Waals surface area contributed by atoms with Gasteiger partial charge in [-0.15, -0.1) is 0 Å². The maximum Gasteiger partial charge on any atom is 0.234 e. The molecule has 1 saturated carbocycles. The Labute approximate surface area is 158 Å². The van der Waals surface area contributed by atoms with Crippen LogP contribution in [0.25, 0.3) is 0 Å². The molecule has 0 spiro atoms. The van der Waals surface area contributed by atoms with Crippen molar-refractivity contribution in [2.24, 2.45) is 5.92 Å². The minimum atomic E-state index is -0.655. The summed E-state index contributed by atoms with van der Waals surface area (Å²) in [5.74, 6) is -1.05. The lowest BCUT2D eigenvalue weighted by molar-refractivity contribution is -0.138. The quantitative estimate of drug-likeness (QED) is 0.854. The molecule has 5 nitrogen and oxygen atoms in total. The maximum absolute atomic E-state index is 13.2. The second kappa shape index (κ2) is 9.26. The van der Waals surface area contributed by atoms with Gasteiger partial charge in [0.1, 0.15) is 11.6 Å². The lowest BCUT2D eigenvalue weighted by Crippen LogP contribution is -2.52. The third-order valence-electron chi connectivity index (χ3n) is 5.42. The first-order valence-corrected chi connectivity index (χ1v) is 9.74. The topological polar surface area (TPSA) is 52.7 Å². The summed E-state index contributed by atoms with van der Waals surface area (Å²) in [6.07, 6.45) is 5.52. The molecule has 0 radical (unpaired) electrons. The van der Waals surface area contributed by atoms with Crippen molar-refractivity contribution in [3.8, 4) is 0 Å². The molecule has 148 valence electrons. The highest BCUT2D eigenvalue weighted by atomic mass is 19.1. The van der Waals surface area contributed by atoms with Crippen molar-refractivity contribution in [2.45, 2.75) is 38.6 Å². The molecule has 1 aliphatic heterocycles. The zero-order valence-electron chi connectivity index (χ0n) is 15.6. The van der Waals surface area contributed by atoms with Crippen molar-refractivity contribution in [1.29, 1.82) is 0 Å². The summed E-state index contributed by atoms with van der Waals surface area (Å²) >= 11 is 0. The van der Waals surface area contributed by atoms with Crippen molar-refractivity contribution in [3.05, 3.63) is 35.4 Å². The van der Waals surface area contributed by atoms with Gasteiger partial charge in [0.05, 0.1) is 6.54 Å². The maximum atomic E-state index is 13.2. The summed E-state index contributed by atoms with van der Waals surface area (Å²) in [4.78, 5) is 28.6. The lowest BCUT2D eigenvalue weighted by Gasteiger charge is -2.36. The van der Waals surface area contributed by atoms with Crippen LogP contribution in [0.4, 0.5) is 8.78 Å². The third kappa shape index (κ3) is 5.73. The number of hydrogen-bond donors (Lipinski definition) is 1. The van der Waals surface area contributed by atoms with Crippen molar-refractivity contribution < 1.29 is 18.4 Å². The third-order valence-corrected chi connectivity index (χ3v) is 5.42. The molecule has 1 N–H and O–H groups in total. The molecule has 3 rings (SSSR count). The predicted octanol–water partition coefficient (Wildman–Crippen LogP) is 2.31. The van der Waals surface area contributed by atoms with Gasteiger partial charge in [0.15, 0.2) is 0 Å². The Morgan fingerprint density at radius 2 is 1.59 bits per heavy atom. The molecule has 7 heteroatoms. The Hall–Kier alpha value is -2.02. The molecular formula is C20H27F2N3O2. The molecule has 0 unspecified atom stereocenters. The first-order chi connectivity index (χ1) is 13.0. The van der Waals surface area contributed by atoms with Crippen LogP contribution in [-0.4, -0.2) is 54.3 Å². The van der Waals surface area contributed by atoms with Crippen LogP contribution in [0.1, 0.15) is 37.7 Å². The predicted molar refractivity (Wildman–Crippen MR) is 97.8 cm³/mol. The van der Waals surface area contributed by atoms with Crippen LogP contribution in [0.3, 0.4) is 0 Å². The molecule has 2 amide bonds. The SMILES string of the molecule is O=C(CN1CCN(C(=O)C2CCCCC2)CC1)NCc1cc(F)cc(F)c1. The van der Waals surface area contributed by atoms with E-state index in [0.29, 0.717) is 31.7 Å². The summed E-state index contributed by atoms with van der Waals surface area (Å²) in [5, 5.41) is 2.69. The first kappa shape index (κ1) is 19.7. The van der Waals surface area contributed by atoms with Crippen LogP contribution in [0.15, 0.2) is 18.2 Å². The average Bonchev–Trinajstić information content (AvgIpc) is 2.66. The average molecular weight is 379 g/mol. The number of hydrogen-bond acceptors (Lipinski definition) is 3. The highest BCUT2D eigenvalue weighted by molar-refractivity contribution is 5.79. The van der Waals surface area contributed by atoms with Crippen LogP contribution < -0.4 is 5.32 Å². The Morgan fingerprint density at radius 3 is 2.22 bits per heavy atom. The number of carbonyl (C=O) groups is 2. The molecule has 0 aromatic heterocycles. The summed E-state index contributed by atoms with van der Waals surface area (Å²) in [5.41, 5.74) is 0.392. The highest BCUT2D eigenvalue weighted by Gasteiger charge is 2.28. The van der Waals surface area contributed by atoms with Gasteiger partial charge in [-0.25, -0.2) is 8.78 Å². The Kier molecular flexibility index (Phi) is 6.77. The smallest absolute Gasteiger partial charge is 0.234 e. The van der Waals surface area contributed by atoms with Crippen LogP contribution >= 0.6 is 0 Å². The zero-order chi connectivity index (χ0) is 19.2. The molecule has 1 aliphatic carbocycles. The van der Waals surface area contributed by atoms with E-state index in [-0.39, 0.29) is 30.8 Å². The number of nitrogens with one attached hydrogen (secondary N) is 1. The second-order valence-electron chi connectivity index (χ2n) is 7.49. The number of benzene rings is 1. The normalized spacial score (nSPS) is 19.1. The molecule has 2 fully saturated rings. The summed E-state index contributed by atoms with van der Waals surface area (Å²) < 4.78 is 26.3. The molecule has 0 bridgehead atoms. The Morgan fingerprint density at radius 1 is 0.963 bits per heavy atom. The van der Waals surface area contributed by atoms with Crippen molar-refractivity contribution >= 4 is 11.8 Å². The van der Waals surface area contributed by atoms with E-state index in [1.807, 2.05) is 9.80 Å². The summed E-state index contributed by atoms with van der Waals surface area (Å²) in [6, 6.07) is 3.22. The van der Waals surface area contributed by atoms with Crippen molar-refractivity contribution in [3.63, 3.8) is 0 Å².